The summed E-state index contributed by atoms with van der Waals surface area (Å²) in [5.41, 5.74) is -0.196. The van der Waals surface area contributed by atoms with E-state index in [-0.39, 0.29) is 16.7 Å². The third kappa shape index (κ3) is 1.68. The number of amides is 1. The standard InChI is InChI=1S/C9H10N2O2S/c12-8-3-1-2-7(10-8)11-5-6(14)4-9(11)13/h1-3,6,14H,4-5H2,(H,10,12). The molecule has 2 rings (SSSR count). The zero-order chi connectivity index (χ0) is 10.1. The number of carbonyl (C=O) groups is 1. The highest BCUT2D eigenvalue weighted by Gasteiger charge is 2.28. The highest BCUT2D eigenvalue weighted by Crippen LogP contribution is 2.20. The molecular weight excluding hydrogens is 200 g/mol. The second-order valence-electron chi connectivity index (χ2n) is 3.26. The quantitative estimate of drug-likeness (QED) is 0.660. The molecule has 0 aromatic carbocycles. The van der Waals surface area contributed by atoms with Crippen molar-refractivity contribution in [2.24, 2.45) is 0 Å². The number of thiol groups is 1. The van der Waals surface area contributed by atoms with Gasteiger partial charge in [-0.05, 0) is 6.07 Å². The number of pyridine rings is 1. The molecule has 1 fully saturated rings. The van der Waals surface area contributed by atoms with Gasteiger partial charge in [0.25, 0.3) is 0 Å². The maximum absolute atomic E-state index is 11.5. The smallest absolute Gasteiger partial charge is 0.249 e. The monoisotopic (exact) mass is 210 g/mol. The Hall–Kier alpha value is -1.23. The van der Waals surface area contributed by atoms with Crippen molar-refractivity contribution in [1.82, 2.24) is 4.98 Å². The Balaban J connectivity index is 2.32. The van der Waals surface area contributed by atoms with E-state index in [4.69, 9.17) is 0 Å². The van der Waals surface area contributed by atoms with E-state index in [0.29, 0.717) is 18.8 Å². The third-order valence-corrected chi connectivity index (χ3v) is 2.49. The van der Waals surface area contributed by atoms with E-state index in [1.807, 2.05) is 0 Å². The molecular formula is C9H10N2O2S. The number of rotatable bonds is 1. The molecule has 0 bridgehead atoms. The van der Waals surface area contributed by atoms with Crippen molar-refractivity contribution in [1.29, 1.82) is 0 Å². The van der Waals surface area contributed by atoms with Crippen LogP contribution in [0.4, 0.5) is 5.82 Å². The maximum atomic E-state index is 11.5. The van der Waals surface area contributed by atoms with Crippen molar-refractivity contribution in [2.75, 3.05) is 11.4 Å². The van der Waals surface area contributed by atoms with Gasteiger partial charge in [-0.15, -0.1) is 0 Å². The molecule has 1 N–H and O–H groups in total. The van der Waals surface area contributed by atoms with Crippen LogP contribution in [0.5, 0.6) is 0 Å². The summed E-state index contributed by atoms with van der Waals surface area (Å²) in [6.07, 6.45) is 0.431. The first-order valence-corrected chi connectivity index (χ1v) is 4.86. The van der Waals surface area contributed by atoms with Gasteiger partial charge in [-0.2, -0.15) is 12.6 Å². The van der Waals surface area contributed by atoms with Crippen molar-refractivity contribution < 1.29 is 4.79 Å². The van der Waals surface area contributed by atoms with Crippen LogP contribution in [-0.2, 0) is 4.79 Å². The molecule has 0 spiro atoms. The normalized spacial score (nSPS) is 21.6. The molecule has 4 nitrogen and oxygen atoms in total. The number of H-pyrrole nitrogens is 1. The molecule has 1 saturated heterocycles. The minimum absolute atomic E-state index is 0.00634. The second-order valence-corrected chi connectivity index (χ2v) is 3.99. The fourth-order valence-corrected chi connectivity index (χ4v) is 1.83. The van der Waals surface area contributed by atoms with E-state index < -0.39 is 0 Å². The number of carbonyl (C=O) groups excluding carboxylic acids is 1. The average molecular weight is 210 g/mol. The molecule has 1 unspecified atom stereocenters. The number of nitrogens with one attached hydrogen (secondary N) is 1. The highest BCUT2D eigenvalue weighted by molar-refractivity contribution is 7.81. The summed E-state index contributed by atoms with van der Waals surface area (Å²) in [5.74, 6) is 0.561. The van der Waals surface area contributed by atoms with E-state index in [1.165, 1.54) is 6.07 Å². The van der Waals surface area contributed by atoms with Gasteiger partial charge in [0.15, 0.2) is 0 Å². The SMILES string of the molecule is O=C1CC(S)CN1c1cccc(=O)[nH]1. The molecule has 1 atom stereocenters. The molecule has 1 amide bonds. The molecule has 74 valence electrons. The molecule has 1 aliphatic heterocycles. The summed E-state index contributed by atoms with van der Waals surface area (Å²) in [4.78, 5) is 26.6. The predicted octanol–water partition coefficient (Wildman–Crippen LogP) is 0.410. The van der Waals surface area contributed by atoms with Crippen LogP contribution in [0.2, 0.25) is 0 Å². The summed E-state index contributed by atoms with van der Waals surface area (Å²) in [7, 11) is 0. The van der Waals surface area contributed by atoms with Crippen LogP contribution in [0, 0.1) is 0 Å². The van der Waals surface area contributed by atoms with Crippen LogP contribution in [0.15, 0.2) is 23.0 Å². The molecule has 5 heteroatoms. The summed E-state index contributed by atoms with van der Waals surface area (Å²) in [6, 6.07) is 4.76. The summed E-state index contributed by atoms with van der Waals surface area (Å²) in [6.45, 7) is 0.557. The van der Waals surface area contributed by atoms with Crippen LogP contribution in [0.1, 0.15) is 6.42 Å². The highest BCUT2D eigenvalue weighted by atomic mass is 32.1. The van der Waals surface area contributed by atoms with E-state index in [2.05, 4.69) is 17.6 Å². The minimum atomic E-state index is -0.196. The van der Waals surface area contributed by atoms with Crippen LogP contribution in [0.3, 0.4) is 0 Å². The molecule has 1 aromatic heterocycles. The average Bonchev–Trinajstić information content (AvgIpc) is 2.45. The lowest BCUT2D eigenvalue weighted by Crippen LogP contribution is -2.27. The van der Waals surface area contributed by atoms with E-state index in [0.717, 1.165) is 0 Å². The van der Waals surface area contributed by atoms with Gasteiger partial charge in [0.05, 0.1) is 0 Å². The lowest BCUT2D eigenvalue weighted by Gasteiger charge is -2.14. The van der Waals surface area contributed by atoms with Gasteiger partial charge in [-0.25, -0.2) is 0 Å². The maximum Gasteiger partial charge on any atom is 0.249 e. The fraction of sp³-hybridized carbons (Fsp3) is 0.333. The Morgan fingerprint density at radius 2 is 2.21 bits per heavy atom. The summed E-state index contributed by atoms with van der Waals surface area (Å²) >= 11 is 4.23. The van der Waals surface area contributed by atoms with E-state index in [1.54, 1.807) is 17.0 Å². The first-order valence-electron chi connectivity index (χ1n) is 4.34. The topological polar surface area (TPSA) is 53.2 Å². The van der Waals surface area contributed by atoms with Gasteiger partial charge < -0.3 is 4.98 Å². The summed E-state index contributed by atoms with van der Waals surface area (Å²) < 4.78 is 0. The first-order chi connectivity index (χ1) is 6.66. The van der Waals surface area contributed by atoms with Gasteiger partial charge in [0.1, 0.15) is 5.82 Å². The fourth-order valence-electron chi connectivity index (χ4n) is 1.52. The lowest BCUT2D eigenvalue weighted by molar-refractivity contribution is -0.117. The Morgan fingerprint density at radius 1 is 1.43 bits per heavy atom. The minimum Gasteiger partial charge on any atom is -0.308 e. The van der Waals surface area contributed by atoms with Gasteiger partial charge in [0, 0.05) is 24.3 Å². The van der Waals surface area contributed by atoms with Gasteiger partial charge in [-0.3, -0.25) is 14.5 Å². The van der Waals surface area contributed by atoms with Crippen molar-refractivity contribution in [3.8, 4) is 0 Å². The van der Waals surface area contributed by atoms with Gasteiger partial charge in [0.2, 0.25) is 11.5 Å². The Bertz CT molecular complexity index is 415. The Morgan fingerprint density at radius 3 is 2.79 bits per heavy atom. The van der Waals surface area contributed by atoms with Crippen LogP contribution < -0.4 is 10.5 Å². The number of hydrogen-bond donors (Lipinski definition) is 2. The van der Waals surface area contributed by atoms with Crippen molar-refractivity contribution in [2.45, 2.75) is 11.7 Å². The number of hydrogen-bond acceptors (Lipinski definition) is 3. The Kier molecular flexibility index (Phi) is 2.33. The lowest BCUT2D eigenvalue weighted by atomic mass is 10.4. The second kappa shape index (κ2) is 3.49. The number of anilines is 1. The van der Waals surface area contributed by atoms with Crippen molar-refractivity contribution >= 4 is 24.4 Å². The zero-order valence-electron chi connectivity index (χ0n) is 7.43. The van der Waals surface area contributed by atoms with Crippen molar-refractivity contribution in [3.63, 3.8) is 0 Å². The molecule has 1 aliphatic rings. The van der Waals surface area contributed by atoms with E-state index in [9.17, 15) is 9.59 Å². The van der Waals surface area contributed by atoms with Crippen LogP contribution >= 0.6 is 12.6 Å². The van der Waals surface area contributed by atoms with Crippen LogP contribution in [-0.4, -0.2) is 22.7 Å². The molecule has 1 aromatic rings. The largest absolute Gasteiger partial charge is 0.308 e. The Labute approximate surface area is 86.3 Å². The number of nitrogens with zero attached hydrogens (tertiary/aromatic N) is 1. The molecule has 0 radical (unpaired) electrons. The molecule has 0 saturated carbocycles. The number of aromatic nitrogens is 1. The summed E-state index contributed by atoms with van der Waals surface area (Å²) in [5, 5.41) is 0.0613. The molecule has 14 heavy (non-hydrogen) atoms. The predicted molar refractivity (Wildman–Crippen MR) is 56.8 cm³/mol. The zero-order valence-corrected chi connectivity index (χ0v) is 8.33. The van der Waals surface area contributed by atoms with Crippen molar-refractivity contribution in [3.05, 3.63) is 28.6 Å². The van der Waals surface area contributed by atoms with E-state index >= 15 is 0 Å². The van der Waals surface area contributed by atoms with Crippen LogP contribution in [0.25, 0.3) is 0 Å². The molecule has 2 heterocycles. The van der Waals surface area contributed by atoms with Gasteiger partial charge in [-0.1, -0.05) is 6.07 Å². The third-order valence-electron chi connectivity index (χ3n) is 2.15. The number of aromatic amines is 1. The molecule has 0 aliphatic carbocycles. The van der Waals surface area contributed by atoms with Gasteiger partial charge >= 0.3 is 0 Å². The first kappa shape index (κ1) is 9.33.